The monoisotopic (exact) mass is 410 g/mol. The van der Waals surface area contributed by atoms with Crippen molar-refractivity contribution in [3.8, 4) is 23.7 Å². The Hall–Kier alpha value is -3.91. The number of halogens is 3. The molecule has 0 atom stereocenters. The standard InChI is InChI=1S/C22H17F3N4O/c1-28-11-12-29(27-28)10-2-3-19-13-16(15-26)4-5-17(19)6-7-18-8-9-20(30)14-21(18)22(23,24)25/h4-5,8-9,11-14,30H,1-3,10H2. The van der Waals surface area contributed by atoms with Crippen LogP contribution in [0, 0.1) is 23.2 Å². The fourth-order valence-electron chi connectivity index (χ4n) is 2.91. The first-order valence-electron chi connectivity index (χ1n) is 8.98. The number of phenols is 1. The van der Waals surface area contributed by atoms with Crippen molar-refractivity contribution in [2.75, 3.05) is 6.54 Å². The van der Waals surface area contributed by atoms with Crippen molar-refractivity contribution in [3.05, 3.63) is 82.2 Å². The smallest absolute Gasteiger partial charge is 0.417 e. The average molecular weight is 410 g/mol. The van der Waals surface area contributed by atoms with E-state index in [1.54, 1.807) is 35.6 Å². The Labute approximate surface area is 171 Å². The molecule has 2 aromatic rings. The Balaban J connectivity index is 1.84. The number of phenolic OH excluding ortho intramolecular Hbond substituents is 1. The van der Waals surface area contributed by atoms with Crippen LogP contribution in [0.3, 0.4) is 0 Å². The van der Waals surface area contributed by atoms with E-state index in [0.29, 0.717) is 36.6 Å². The van der Waals surface area contributed by atoms with Gasteiger partial charge in [-0.3, -0.25) is 0 Å². The predicted molar refractivity (Wildman–Crippen MR) is 105 cm³/mol. The lowest BCUT2D eigenvalue weighted by Gasteiger charge is -2.23. The zero-order valence-corrected chi connectivity index (χ0v) is 15.8. The van der Waals surface area contributed by atoms with E-state index in [4.69, 9.17) is 5.26 Å². The van der Waals surface area contributed by atoms with Gasteiger partial charge in [-0.2, -0.15) is 18.4 Å². The van der Waals surface area contributed by atoms with Gasteiger partial charge in [-0.1, -0.05) is 11.8 Å². The van der Waals surface area contributed by atoms with Crippen molar-refractivity contribution >= 4 is 6.72 Å². The van der Waals surface area contributed by atoms with Gasteiger partial charge < -0.3 is 15.7 Å². The molecule has 1 N–H and O–H groups in total. The molecule has 0 bridgehead atoms. The van der Waals surface area contributed by atoms with Crippen LogP contribution in [-0.2, 0) is 12.6 Å². The van der Waals surface area contributed by atoms with Crippen LogP contribution in [0.1, 0.15) is 34.2 Å². The molecule has 0 aliphatic carbocycles. The average Bonchev–Trinajstić information content (AvgIpc) is 3.12. The SMILES string of the molecule is C=[N+]1C=CN(CCCc2cc(C#N)ccc2C#Cc2ccc(O)cc2C(F)(F)F)[N-]1. The van der Waals surface area contributed by atoms with Gasteiger partial charge in [0.05, 0.1) is 23.4 Å². The van der Waals surface area contributed by atoms with Gasteiger partial charge in [-0.15, -0.1) is 0 Å². The summed E-state index contributed by atoms with van der Waals surface area (Å²) >= 11 is 0. The third kappa shape index (κ3) is 5.12. The maximum absolute atomic E-state index is 13.2. The number of benzene rings is 2. The second-order valence-corrected chi connectivity index (χ2v) is 6.56. The highest BCUT2D eigenvalue weighted by Gasteiger charge is 2.33. The number of alkyl halides is 3. The van der Waals surface area contributed by atoms with Gasteiger partial charge in [0.15, 0.2) is 6.20 Å². The van der Waals surface area contributed by atoms with Gasteiger partial charge >= 0.3 is 6.18 Å². The van der Waals surface area contributed by atoms with Crippen molar-refractivity contribution < 1.29 is 23.0 Å². The molecule has 152 valence electrons. The van der Waals surface area contributed by atoms with Crippen LogP contribution in [0.4, 0.5) is 13.2 Å². The van der Waals surface area contributed by atoms with Crippen LogP contribution < -0.4 is 0 Å². The molecule has 0 radical (unpaired) electrons. The molecule has 0 spiro atoms. The summed E-state index contributed by atoms with van der Waals surface area (Å²) < 4.78 is 41.1. The molecule has 0 amide bonds. The first-order chi connectivity index (χ1) is 14.3. The van der Waals surface area contributed by atoms with Crippen molar-refractivity contribution in [2.24, 2.45) is 0 Å². The number of aryl methyl sites for hydroxylation is 1. The Morgan fingerprint density at radius 3 is 2.53 bits per heavy atom. The summed E-state index contributed by atoms with van der Waals surface area (Å²) in [7, 11) is 0. The summed E-state index contributed by atoms with van der Waals surface area (Å²) in [4.78, 5) is 0. The maximum Gasteiger partial charge on any atom is 0.417 e. The lowest BCUT2D eigenvalue weighted by molar-refractivity contribution is -0.398. The van der Waals surface area contributed by atoms with Crippen molar-refractivity contribution in [1.82, 2.24) is 5.01 Å². The fraction of sp³-hybridized carbons (Fsp3) is 0.182. The zero-order chi connectivity index (χ0) is 21.7. The molecule has 0 saturated heterocycles. The van der Waals surface area contributed by atoms with Crippen molar-refractivity contribution in [2.45, 2.75) is 19.0 Å². The minimum atomic E-state index is -4.63. The topological polar surface area (TPSA) is 64.4 Å². The highest BCUT2D eigenvalue weighted by Crippen LogP contribution is 2.33. The highest BCUT2D eigenvalue weighted by atomic mass is 19.4. The highest BCUT2D eigenvalue weighted by molar-refractivity contribution is 5.53. The molecular formula is C22H17F3N4O. The first-order valence-corrected chi connectivity index (χ1v) is 8.98. The number of hydrogen-bond donors (Lipinski definition) is 1. The van der Waals surface area contributed by atoms with E-state index in [9.17, 15) is 18.3 Å². The first kappa shape index (κ1) is 20.8. The van der Waals surface area contributed by atoms with E-state index >= 15 is 0 Å². The summed E-state index contributed by atoms with van der Waals surface area (Å²) in [6.45, 7) is 4.28. The maximum atomic E-state index is 13.2. The Morgan fingerprint density at radius 2 is 1.87 bits per heavy atom. The number of nitrogens with zero attached hydrogens (tertiary/aromatic N) is 4. The lowest BCUT2D eigenvalue weighted by atomic mass is 9.99. The molecular weight excluding hydrogens is 393 g/mol. The van der Waals surface area contributed by atoms with Crippen LogP contribution in [-0.4, -0.2) is 28.1 Å². The molecule has 1 aliphatic heterocycles. The molecule has 8 heteroatoms. The lowest BCUT2D eigenvalue weighted by Crippen LogP contribution is -2.12. The zero-order valence-electron chi connectivity index (χ0n) is 15.8. The van der Waals surface area contributed by atoms with Crippen LogP contribution in [0.5, 0.6) is 5.75 Å². The van der Waals surface area contributed by atoms with E-state index < -0.39 is 17.5 Å². The Morgan fingerprint density at radius 1 is 1.13 bits per heavy atom. The number of nitriles is 1. The van der Waals surface area contributed by atoms with Gasteiger partial charge in [-0.25, -0.2) is 4.68 Å². The molecule has 5 nitrogen and oxygen atoms in total. The number of rotatable bonds is 4. The number of aromatic hydroxyl groups is 1. The summed E-state index contributed by atoms with van der Waals surface area (Å²) in [6.07, 6.45) is 0.119. The predicted octanol–water partition coefficient (Wildman–Crippen LogP) is 4.32. The summed E-state index contributed by atoms with van der Waals surface area (Å²) in [5.41, 5.74) is 4.67. The minimum Gasteiger partial charge on any atom is -0.508 e. The second kappa shape index (κ2) is 8.62. The van der Waals surface area contributed by atoms with Crippen LogP contribution in [0.15, 0.2) is 48.8 Å². The largest absolute Gasteiger partial charge is 0.508 e. The third-order valence-electron chi connectivity index (χ3n) is 4.35. The molecule has 0 fully saturated rings. The van der Waals surface area contributed by atoms with Crippen LogP contribution in [0.2, 0.25) is 0 Å². The minimum absolute atomic E-state index is 0.229. The Bertz CT molecular complexity index is 1100. The van der Waals surface area contributed by atoms with Crippen molar-refractivity contribution in [3.63, 3.8) is 0 Å². The summed E-state index contributed by atoms with van der Waals surface area (Å²) in [6, 6.07) is 9.92. The number of hydrogen-bond acceptors (Lipinski definition) is 3. The van der Waals surface area contributed by atoms with E-state index in [1.165, 1.54) is 4.68 Å². The van der Waals surface area contributed by atoms with Crippen LogP contribution >= 0.6 is 0 Å². The normalized spacial score (nSPS) is 12.9. The quantitative estimate of drug-likeness (QED) is 0.603. The molecule has 0 unspecified atom stereocenters. The van der Waals surface area contributed by atoms with E-state index in [0.717, 1.165) is 17.7 Å². The van der Waals surface area contributed by atoms with Gasteiger partial charge in [0.1, 0.15) is 12.5 Å². The molecule has 0 saturated carbocycles. The van der Waals surface area contributed by atoms with Gasteiger partial charge in [0.25, 0.3) is 0 Å². The van der Waals surface area contributed by atoms with Crippen molar-refractivity contribution in [1.29, 1.82) is 5.26 Å². The Kier molecular flexibility index (Phi) is 5.98. The van der Waals surface area contributed by atoms with Gasteiger partial charge in [0, 0.05) is 17.7 Å². The summed E-state index contributed by atoms with van der Waals surface area (Å²) in [5, 5.41) is 20.3. The molecule has 1 aliphatic rings. The molecule has 30 heavy (non-hydrogen) atoms. The second-order valence-electron chi connectivity index (χ2n) is 6.56. The van der Waals surface area contributed by atoms with E-state index in [1.807, 2.05) is 0 Å². The summed E-state index contributed by atoms with van der Waals surface area (Å²) in [5.74, 6) is 4.87. The fourth-order valence-corrected chi connectivity index (χ4v) is 2.91. The van der Waals surface area contributed by atoms with Crippen LogP contribution in [0.25, 0.3) is 5.53 Å². The molecule has 3 rings (SSSR count). The van der Waals surface area contributed by atoms with E-state index in [2.05, 4.69) is 30.2 Å². The third-order valence-corrected chi connectivity index (χ3v) is 4.35. The van der Waals surface area contributed by atoms with Gasteiger partial charge in [-0.05, 0) is 54.8 Å². The molecule has 0 aromatic heterocycles. The molecule has 2 aromatic carbocycles. The van der Waals surface area contributed by atoms with E-state index in [-0.39, 0.29) is 5.56 Å². The molecule has 1 heterocycles. The van der Waals surface area contributed by atoms with Gasteiger partial charge in [0.2, 0.25) is 0 Å².